The molecule has 0 aliphatic carbocycles. The van der Waals surface area contributed by atoms with Crippen LogP contribution < -0.4 is 10.2 Å². The molecule has 4 rings (SSSR count). The van der Waals surface area contributed by atoms with Crippen molar-refractivity contribution in [1.82, 2.24) is 9.97 Å². The second-order valence-electron chi connectivity index (χ2n) is 6.49. The molecule has 0 spiro atoms. The van der Waals surface area contributed by atoms with Crippen molar-refractivity contribution in [3.8, 4) is 0 Å². The number of rotatable bonds is 3. The van der Waals surface area contributed by atoms with Crippen molar-refractivity contribution in [2.45, 2.75) is 20.3 Å². The maximum atomic E-state index is 12.8. The first-order valence-corrected chi connectivity index (χ1v) is 8.68. The lowest BCUT2D eigenvalue weighted by Gasteiger charge is -2.16. The number of hydrogen-bond acceptors (Lipinski definition) is 4. The highest BCUT2D eigenvalue weighted by Gasteiger charge is 2.26. The van der Waals surface area contributed by atoms with Crippen LogP contribution in [0.3, 0.4) is 0 Å². The molecule has 0 atom stereocenters. The van der Waals surface area contributed by atoms with Gasteiger partial charge in [-0.2, -0.15) is 0 Å². The Hall–Kier alpha value is -3.21. The Morgan fingerprint density at radius 3 is 2.69 bits per heavy atom. The number of benzene rings is 2. The fraction of sp³-hybridized carbons (Fsp3) is 0.190. The summed E-state index contributed by atoms with van der Waals surface area (Å²) in [6.45, 7) is 4.82. The minimum atomic E-state index is -0.110. The van der Waals surface area contributed by atoms with Crippen LogP contribution in [0.25, 0.3) is 0 Å². The van der Waals surface area contributed by atoms with Crippen LogP contribution in [0.15, 0.2) is 54.9 Å². The summed E-state index contributed by atoms with van der Waals surface area (Å²) in [6.07, 6.45) is 4.02. The van der Waals surface area contributed by atoms with E-state index in [1.54, 1.807) is 11.1 Å². The molecule has 5 heteroatoms. The number of para-hydroxylation sites is 1. The van der Waals surface area contributed by atoms with Gasteiger partial charge in [0.25, 0.3) is 5.91 Å². The summed E-state index contributed by atoms with van der Waals surface area (Å²) in [6, 6.07) is 14.1. The Morgan fingerprint density at radius 2 is 1.88 bits per heavy atom. The Morgan fingerprint density at radius 1 is 1.04 bits per heavy atom. The Kier molecular flexibility index (Phi) is 4.13. The van der Waals surface area contributed by atoms with Gasteiger partial charge in [0.15, 0.2) is 0 Å². The topological polar surface area (TPSA) is 58.1 Å². The van der Waals surface area contributed by atoms with Gasteiger partial charge in [0.2, 0.25) is 0 Å². The van der Waals surface area contributed by atoms with Crippen LogP contribution in [0, 0.1) is 13.8 Å². The predicted molar refractivity (Wildman–Crippen MR) is 103 cm³/mol. The Labute approximate surface area is 152 Å². The van der Waals surface area contributed by atoms with Gasteiger partial charge in [-0.05, 0) is 49.1 Å². The lowest BCUT2D eigenvalue weighted by molar-refractivity contribution is 0.0984. The predicted octanol–water partition coefficient (Wildman–Crippen LogP) is 4.04. The Bertz CT molecular complexity index is 966. The first kappa shape index (κ1) is 16.3. The van der Waals surface area contributed by atoms with E-state index in [0.717, 1.165) is 17.8 Å². The summed E-state index contributed by atoms with van der Waals surface area (Å²) in [4.78, 5) is 23.3. The van der Waals surface area contributed by atoms with E-state index in [-0.39, 0.29) is 5.91 Å². The van der Waals surface area contributed by atoms with Gasteiger partial charge in [-0.3, -0.25) is 4.79 Å². The fourth-order valence-corrected chi connectivity index (χ4v) is 3.21. The highest BCUT2D eigenvalue weighted by molar-refractivity contribution is 6.05. The van der Waals surface area contributed by atoms with Crippen molar-refractivity contribution >= 4 is 23.1 Å². The highest BCUT2D eigenvalue weighted by Crippen LogP contribution is 2.28. The second kappa shape index (κ2) is 6.59. The van der Waals surface area contributed by atoms with Crippen molar-refractivity contribution in [2.75, 3.05) is 16.8 Å². The molecule has 1 aliphatic heterocycles. The summed E-state index contributed by atoms with van der Waals surface area (Å²) >= 11 is 0. The standard InChI is InChI=1S/C21H20N4O/c1-14-6-5-8-17(15(14)2)24-20-13-22-18(12-23-20)21(26)25-11-10-16-7-3-4-9-19(16)25/h3-9,12-13H,10-11H2,1-2H3,(H,23,24). The van der Waals surface area contributed by atoms with Gasteiger partial charge >= 0.3 is 0 Å². The summed E-state index contributed by atoms with van der Waals surface area (Å²) in [5, 5.41) is 3.27. The fourth-order valence-electron chi connectivity index (χ4n) is 3.21. The molecular formula is C21H20N4O. The summed E-state index contributed by atoms with van der Waals surface area (Å²) in [7, 11) is 0. The van der Waals surface area contributed by atoms with Crippen LogP contribution in [-0.4, -0.2) is 22.4 Å². The normalized spacial score (nSPS) is 12.8. The number of carbonyl (C=O) groups excluding carboxylic acids is 1. The van der Waals surface area contributed by atoms with Crippen molar-refractivity contribution in [3.63, 3.8) is 0 Å². The number of fused-ring (bicyclic) bond motifs is 1. The number of carbonyl (C=O) groups is 1. The summed E-state index contributed by atoms with van der Waals surface area (Å²) < 4.78 is 0. The van der Waals surface area contributed by atoms with E-state index in [9.17, 15) is 4.79 Å². The van der Waals surface area contributed by atoms with E-state index in [1.165, 1.54) is 22.9 Å². The number of amides is 1. The SMILES string of the molecule is Cc1cccc(Nc2cnc(C(=O)N3CCc4ccccc43)cn2)c1C. The number of aromatic nitrogens is 2. The zero-order chi connectivity index (χ0) is 18.1. The van der Waals surface area contributed by atoms with Gasteiger partial charge in [-0.1, -0.05) is 30.3 Å². The molecule has 130 valence electrons. The third-order valence-corrected chi connectivity index (χ3v) is 4.87. The molecule has 2 heterocycles. The lowest BCUT2D eigenvalue weighted by Crippen LogP contribution is -2.29. The molecule has 0 unspecified atom stereocenters. The van der Waals surface area contributed by atoms with E-state index in [0.29, 0.717) is 18.1 Å². The molecule has 0 bridgehead atoms. The van der Waals surface area contributed by atoms with Crippen LogP contribution in [-0.2, 0) is 6.42 Å². The third kappa shape index (κ3) is 2.92. The molecule has 3 aromatic rings. The van der Waals surface area contributed by atoms with Gasteiger partial charge in [0.1, 0.15) is 11.5 Å². The van der Waals surface area contributed by atoms with Crippen LogP contribution >= 0.6 is 0 Å². The third-order valence-electron chi connectivity index (χ3n) is 4.87. The molecule has 0 radical (unpaired) electrons. The number of aryl methyl sites for hydroxylation is 1. The average molecular weight is 344 g/mol. The Balaban J connectivity index is 1.53. The molecular weight excluding hydrogens is 324 g/mol. The number of hydrogen-bond donors (Lipinski definition) is 1. The molecule has 2 aromatic carbocycles. The molecule has 0 fully saturated rings. The first-order chi connectivity index (χ1) is 12.6. The molecule has 0 saturated heterocycles. The monoisotopic (exact) mass is 344 g/mol. The zero-order valence-corrected chi connectivity index (χ0v) is 14.9. The average Bonchev–Trinajstić information content (AvgIpc) is 3.10. The minimum absolute atomic E-state index is 0.110. The maximum absolute atomic E-state index is 12.8. The van der Waals surface area contributed by atoms with Gasteiger partial charge in [0, 0.05) is 17.9 Å². The van der Waals surface area contributed by atoms with Crippen molar-refractivity contribution in [2.24, 2.45) is 0 Å². The first-order valence-electron chi connectivity index (χ1n) is 8.68. The van der Waals surface area contributed by atoms with E-state index in [2.05, 4.69) is 41.3 Å². The molecule has 1 N–H and O–H groups in total. The van der Waals surface area contributed by atoms with E-state index < -0.39 is 0 Å². The molecule has 26 heavy (non-hydrogen) atoms. The molecule has 0 saturated carbocycles. The van der Waals surface area contributed by atoms with Gasteiger partial charge in [0.05, 0.1) is 12.4 Å². The molecule has 1 amide bonds. The van der Waals surface area contributed by atoms with E-state index in [1.807, 2.05) is 30.3 Å². The molecule has 1 aliphatic rings. The van der Waals surface area contributed by atoms with Gasteiger partial charge < -0.3 is 10.2 Å². The van der Waals surface area contributed by atoms with E-state index in [4.69, 9.17) is 0 Å². The number of nitrogens with zero attached hydrogens (tertiary/aromatic N) is 3. The quantitative estimate of drug-likeness (QED) is 0.779. The highest BCUT2D eigenvalue weighted by atomic mass is 16.2. The van der Waals surface area contributed by atoms with E-state index >= 15 is 0 Å². The zero-order valence-electron chi connectivity index (χ0n) is 14.9. The van der Waals surface area contributed by atoms with Crippen LogP contribution in [0.4, 0.5) is 17.2 Å². The molecule has 1 aromatic heterocycles. The lowest BCUT2D eigenvalue weighted by atomic mass is 10.1. The van der Waals surface area contributed by atoms with Gasteiger partial charge in [-0.25, -0.2) is 9.97 Å². The minimum Gasteiger partial charge on any atom is -0.339 e. The van der Waals surface area contributed by atoms with Crippen LogP contribution in [0.1, 0.15) is 27.2 Å². The van der Waals surface area contributed by atoms with Crippen molar-refractivity contribution < 1.29 is 4.79 Å². The van der Waals surface area contributed by atoms with Crippen LogP contribution in [0.2, 0.25) is 0 Å². The van der Waals surface area contributed by atoms with Crippen molar-refractivity contribution in [1.29, 1.82) is 0 Å². The van der Waals surface area contributed by atoms with Crippen LogP contribution in [0.5, 0.6) is 0 Å². The largest absolute Gasteiger partial charge is 0.339 e. The second-order valence-corrected chi connectivity index (χ2v) is 6.49. The van der Waals surface area contributed by atoms with Crippen molar-refractivity contribution in [3.05, 3.63) is 77.2 Å². The molecule has 5 nitrogen and oxygen atoms in total. The summed E-state index contributed by atoms with van der Waals surface area (Å²) in [5.41, 5.74) is 5.89. The number of nitrogens with one attached hydrogen (secondary N) is 1. The maximum Gasteiger partial charge on any atom is 0.278 e. The number of anilines is 3. The smallest absolute Gasteiger partial charge is 0.278 e. The summed E-state index contributed by atoms with van der Waals surface area (Å²) in [5.74, 6) is 0.512. The van der Waals surface area contributed by atoms with Gasteiger partial charge in [-0.15, -0.1) is 0 Å².